The van der Waals surface area contributed by atoms with Gasteiger partial charge >= 0.3 is 0 Å². The van der Waals surface area contributed by atoms with Gasteiger partial charge in [-0.2, -0.15) is 0 Å². The summed E-state index contributed by atoms with van der Waals surface area (Å²) in [7, 11) is 0. The molecular weight excluding hydrogens is 304 g/mol. The minimum atomic E-state index is -0.00304. The summed E-state index contributed by atoms with van der Waals surface area (Å²) in [5.74, 6) is 4.59. The topological polar surface area (TPSA) is 45.8 Å². The number of nitrogens with zero attached hydrogens (tertiary/aromatic N) is 1. The summed E-state index contributed by atoms with van der Waals surface area (Å²) in [4.78, 5) is 19.9. The third kappa shape index (κ3) is 2.42. The average molecular weight is 326 g/mol. The molecule has 1 aromatic carbocycles. The Morgan fingerprint density at radius 2 is 1.74 bits per heavy atom. The fourth-order valence-corrected chi connectivity index (χ4v) is 7.27. The molecule has 1 heterocycles. The van der Waals surface area contributed by atoms with E-state index in [4.69, 9.17) is 0 Å². The lowest BCUT2D eigenvalue weighted by molar-refractivity contribution is 0.0383. The van der Waals surface area contributed by atoms with Crippen molar-refractivity contribution in [1.82, 2.24) is 9.97 Å². The number of hydrogen-bond donors (Lipinski definition) is 1. The van der Waals surface area contributed by atoms with E-state index in [0.717, 1.165) is 34.8 Å². The highest BCUT2D eigenvalue weighted by Crippen LogP contribution is 2.60. The number of H-pyrrole nitrogens is 1. The highest BCUT2D eigenvalue weighted by atomic mass is 32.2. The second kappa shape index (κ2) is 5.10. The molecule has 0 atom stereocenters. The van der Waals surface area contributed by atoms with Crippen molar-refractivity contribution in [2.24, 2.45) is 17.8 Å². The lowest BCUT2D eigenvalue weighted by Crippen LogP contribution is -2.48. The van der Waals surface area contributed by atoms with Gasteiger partial charge in [0.2, 0.25) is 0 Å². The smallest absolute Gasteiger partial charge is 0.258 e. The van der Waals surface area contributed by atoms with Gasteiger partial charge in [0, 0.05) is 4.75 Å². The number of para-hydroxylation sites is 1. The van der Waals surface area contributed by atoms with Crippen LogP contribution in [0.1, 0.15) is 44.3 Å². The van der Waals surface area contributed by atoms with Crippen LogP contribution >= 0.6 is 11.8 Å². The molecule has 3 nitrogen and oxygen atoms in total. The Balaban J connectivity index is 1.39. The Kier molecular flexibility index (Phi) is 3.12. The van der Waals surface area contributed by atoms with Crippen molar-refractivity contribution in [3.8, 4) is 0 Å². The number of rotatable bonds is 3. The number of nitrogens with one attached hydrogen (secondary N) is 1. The summed E-state index contributed by atoms with van der Waals surface area (Å²) in [6.07, 6.45) is 8.60. The second-order valence-corrected chi connectivity index (χ2v) is 9.36. The van der Waals surface area contributed by atoms with Crippen molar-refractivity contribution in [3.05, 3.63) is 40.4 Å². The van der Waals surface area contributed by atoms with Crippen molar-refractivity contribution in [3.63, 3.8) is 0 Å². The van der Waals surface area contributed by atoms with E-state index in [-0.39, 0.29) is 5.56 Å². The van der Waals surface area contributed by atoms with E-state index in [2.05, 4.69) is 21.7 Å². The van der Waals surface area contributed by atoms with Crippen molar-refractivity contribution < 1.29 is 0 Å². The standard InChI is InChI=1S/C19H22N2OS/c22-18-15-3-1-2-4-16(15)20-17(21-18)11-23-19-8-12-5-13(9-19)7-14(6-12)10-19/h1-4,12-14H,5-11H2,(H,20,21,22). The van der Waals surface area contributed by atoms with Crippen LogP contribution in [-0.4, -0.2) is 14.7 Å². The van der Waals surface area contributed by atoms with E-state index in [0.29, 0.717) is 10.1 Å². The van der Waals surface area contributed by atoms with Gasteiger partial charge in [-0.05, 0) is 68.4 Å². The summed E-state index contributed by atoms with van der Waals surface area (Å²) < 4.78 is 0.471. The molecular formula is C19H22N2OS. The van der Waals surface area contributed by atoms with Crippen LogP contribution in [0.4, 0.5) is 0 Å². The van der Waals surface area contributed by atoms with Gasteiger partial charge < -0.3 is 4.98 Å². The Bertz CT molecular complexity index is 777. The number of hydrogen-bond acceptors (Lipinski definition) is 3. The fraction of sp³-hybridized carbons (Fsp3) is 0.579. The first-order valence-electron chi connectivity index (χ1n) is 8.81. The predicted molar refractivity (Wildman–Crippen MR) is 94.6 cm³/mol. The lowest BCUT2D eigenvalue weighted by Gasteiger charge is -2.56. The Morgan fingerprint density at radius 3 is 2.43 bits per heavy atom. The van der Waals surface area contributed by atoms with Crippen LogP contribution in [0.15, 0.2) is 29.1 Å². The number of fused-ring (bicyclic) bond motifs is 1. The average Bonchev–Trinajstić information content (AvgIpc) is 2.52. The first-order valence-corrected chi connectivity index (χ1v) is 9.80. The minimum absolute atomic E-state index is 0.00304. The van der Waals surface area contributed by atoms with E-state index in [1.54, 1.807) is 0 Å². The molecule has 0 amide bonds. The van der Waals surface area contributed by atoms with E-state index in [1.807, 2.05) is 24.3 Å². The summed E-state index contributed by atoms with van der Waals surface area (Å²) in [5.41, 5.74) is 0.814. The molecule has 4 saturated carbocycles. The number of aromatic amines is 1. The molecule has 4 bridgehead atoms. The van der Waals surface area contributed by atoms with E-state index < -0.39 is 0 Å². The zero-order chi connectivity index (χ0) is 15.4. The van der Waals surface area contributed by atoms with Crippen LogP contribution in [0.2, 0.25) is 0 Å². The molecule has 0 aliphatic heterocycles. The molecule has 6 rings (SSSR count). The molecule has 0 unspecified atom stereocenters. The van der Waals surface area contributed by atoms with Crippen LogP contribution in [0.3, 0.4) is 0 Å². The molecule has 4 fully saturated rings. The Hall–Kier alpha value is -1.29. The van der Waals surface area contributed by atoms with Gasteiger partial charge in [0.05, 0.1) is 16.7 Å². The van der Waals surface area contributed by atoms with Crippen molar-refractivity contribution in [2.75, 3.05) is 0 Å². The van der Waals surface area contributed by atoms with Gasteiger partial charge in [0.15, 0.2) is 0 Å². The molecule has 4 aliphatic carbocycles. The van der Waals surface area contributed by atoms with Crippen LogP contribution in [0.5, 0.6) is 0 Å². The largest absolute Gasteiger partial charge is 0.309 e. The Morgan fingerprint density at radius 1 is 1.09 bits per heavy atom. The first-order chi connectivity index (χ1) is 11.2. The monoisotopic (exact) mass is 326 g/mol. The highest BCUT2D eigenvalue weighted by molar-refractivity contribution is 7.99. The van der Waals surface area contributed by atoms with E-state index in [1.165, 1.54) is 38.5 Å². The van der Waals surface area contributed by atoms with Crippen LogP contribution < -0.4 is 5.56 Å². The number of aromatic nitrogens is 2. The maximum Gasteiger partial charge on any atom is 0.258 e. The molecule has 1 N–H and O–H groups in total. The Labute approximate surface area is 140 Å². The van der Waals surface area contributed by atoms with E-state index in [9.17, 15) is 4.79 Å². The SMILES string of the molecule is O=c1[nH]c(CSC23CC4CC(CC(C4)C2)C3)nc2ccccc12. The molecule has 23 heavy (non-hydrogen) atoms. The first kappa shape index (κ1) is 14.1. The third-order valence-electron chi connectivity index (χ3n) is 6.16. The molecule has 4 heteroatoms. The zero-order valence-electron chi connectivity index (χ0n) is 13.3. The zero-order valence-corrected chi connectivity index (χ0v) is 14.1. The van der Waals surface area contributed by atoms with Crippen molar-refractivity contribution in [1.29, 1.82) is 0 Å². The number of thioether (sulfide) groups is 1. The molecule has 120 valence electrons. The highest BCUT2D eigenvalue weighted by Gasteiger charge is 2.51. The number of benzene rings is 1. The molecule has 2 aromatic rings. The minimum Gasteiger partial charge on any atom is -0.309 e. The van der Waals surface area contributed by atoms with Crippen molar-refractivity contribution >= 4 is 22.7 Å². The van der Waals surface area contributed by atoms with Crippen LogP contribution in [-0.2, 0) is 5.75 Å². The molecule has 0 radical (unpaired) electrons. The molecule has 0 spiro atoms. The molecule has 0 saturated heterocycles. The normalized spacial score (nSPS) is 35.0. The lowest BCUT2D eigenvalue weighted by atomic mass is 9.56. The summed E-state index contributed by atoms with van der Waals surface area (Å²) in [6, 6.07) is 7.62. The van der Waals surface area contributed by atoms with Gasteiger partial charge in [0.1, 0.15) is 5.82 Å². The summed E-state index contributed by atoms with van der Waals surface area (Å²) in [5, 5.41) is 0.691. The third-order valence-corrected chi connectivity index (χ3v) is 7.69. The van der Waals surface area contributed by atoms with Crippen molar-refractivity contribution in [2.45, 2.75) is 49.0 Å². The maximum absolute atomic E-state index is 12.2. The quantitative estimate of drug-likeness (QED) is 0.922. The van der Waals surface area contributed by atoms with E-state index >= 15 is 0 Å². The summed E-state index contributed by atoms with van der Waals surface area (Å²) in [6.45, 7) is 0. The molecule has 1 aromatic heterocycles. The van der Waals surface area contributed by atoms with Crippen LogP contribution in [0, 0.1) is 17.8 Å². The van der Waals surface area contributed by atoms with Crippen LogP contribution in [0.25, 0.3) is 10.9 Å². The van der Waals surface area contributed by atoms with Gasteiger partial charge in [-0.15, -0.1) is 11.8 Å². The fourth-order valence-electron chi connectivity index (χ4n) is 5.63. The molecule has 4 aliphatic rings. The van der Waals surface area contributed by atoms with Gasteiger partial charge in [-0.3, -0.25) is 4.79 Å². The van der Waals surface area contributed by atoms with Gasteiger partial charge in [-0.25, -0.2) is 4.98 Å². The second-order valence-electron chi connectivity index (χ2n) is 7.92. The van der Waals surface area contributed by atoms with Gasteiger partial charge in [-0.1, -0.05) is 12.1 Å². The predicted octanol–water partition coefficient (Wildman–Crippen LogP) is 4.13. The summed E-state index contributed by atoms with van der Waals surface area (Å²) >= 11 is 2.07. The van der Waals surface area contributed by atoms with Gasteiger partial charge in [0.25, 0.3) is 5.56 Å². The maximum atomic E-state index is 12.2.